The second-order valence-corrected chi connectivity index (χ2v) is 7.21. The van der Waals surface area contributed by atoms with E-state index in [1.165, 1.54) is 20.1 Å². The van der Waals surface area contributed by atoms with Gasteiger partial charge in [-0.05, 0) is 55.8 Å². The molecule has 6 nitrogen and oxygen atoms in total. The first-order valence-corrected chi connectivity index (χ1v) is 9.55. The van der Waals surface area contributed by atoms with Gasteiger partial charge in [-0.2, -0.15) is 0 Å². The number of carbonyl (C=O) groups excluding carboxylic acids is 2. The van der Waals surface area contributed by atoms with Gasteiger partial charge in [-0.3, -0.25) is 9.59 Å². The lowest BCUT2D eigenvalue weighted by atomic mass is 10.1. The Morgan fingerprint density at radius 2 is 1.79 bits per heavy atom. The molecule has 0 saturated heterocycles. The predicted octanol–water partition coefficient (Wildman–Crippen LogP) is 5.40. The Balaban J connectivity index is 2.17. The van der Waals surface area contributed by atoms with E-state index in [-0.39, 0.29) is 12.0 Å². The van der Waals surface area contributed by atoms with Crippen LogP contribution in [0.25, 0.3) is 6.08 Å². The number of halogens is 2. The van der Waals surface area contributed by atoms with E-state index in [2.05, 4.69) is 10.6 Å². The lowest BCUT2D eigenvalue weighted by Gasteiger charge is -2.15. The summed E-state index contributed by atoms with van der Waals surface area (Å²) in [5, 5.41) is 6.04. The Morgan fingerprint density at radius 1 is 1.07 bits per heavy atom. The highest BCUT2D eigenvalue weighted by molar-refractivity contribution is 6.34. The molecule has 2 aromatic rings. The van der Waals surface area contributed by atoms with Gasteiger partial charge in [0.15, 0.2) is 11.5 Å². The number of nitrogens with one attached hydrogen (secondary N) is 2. The zero-order valence-electron chi connectivity index (χ0n) is 16.5. The van der Waals surface area contributed by atoms with E-state index in [1.54, 1.807) is 36.4 Å². The molecule has 0 aromatic heterocycles. The molecule has 0 heterocycles. The standard InChI is InChI=1S/C21H22Cl2N2O4/c1-12(2)29-21-17(23)9-14(10-19(21)28-4)5-8-20(27)25-18-11-15(24-13(3)26)6-7-16(18)22/h5-12H,1-4H3,(H,24,26)(H,25,27)/b8-5+. The summed E-state index contributed by atoms with van der Waals surface area (Å²) >= 11 is 12.4. The van der Waals surface area contributed by atoms with Crippen molar-refractivity contribution in [3.8, 4) is 11.5 Å². The fourth-order valence-electron chi connectivity index (χ4n) is 2.43. The molecule has 2 N–H and O–H groups in total. The summed E-state index contributed by atoms with van der Waals surface area (Å²) < 4.78 is 11.0. The van der Waals surface area contributed by atoms with Gasteiger partial charge in [-0.25, -0.2) is 0 Å². The van der Waals surface area contributed by atoms with E-state index in [0.29, 0.717) is 38.5 Å². The fraction of sp³-hybridized carbons (Fsp3) is 0.238. The van der Waals surface area contributed by atoms with Gasteiger partial charge >= 0.3 is 0 Å². The minimum Gasteiger partial charge on any atom is -0.493 e. The highest BCUT2D eigenvalue weighted by Crippen LogP contribution is 2.37. The lowest BCUT2D eigenvalue weighted by Crippen LogP contribution is -2.10. The van der Waals surface area contributed by atoms with Gasteiger partial charge in [0.1, 0.15) is 0 Å². The van der Waals surface area contributed by atoms with E-state index < -0.39 is 5.91 Å². The second kappa shape index (κ2) is 10.2. The van der Waals surface area contributed by atoms with Crippen molar-refractivity contribution in [3.63, 3.8) is 0 Å². The van der Waals surface area contributed by atoms with Crippen molar-refractivity contribution >= 4 is 52.5 Å². The zero-order chi connectivity index (χ0) is 21.6. The lowest BCUT2D eigenvalue weighted by molar-refractivity contribution is -0.114. The van der Waals surface area contributed by atoms with E-state index in [0.717, 1.165) is 0 Å². The average Bonchev–Trinajstić information content (AvgIpc) is 2.63. The van der Waals surface area contributed by atoms with Crippen molar-refractivity contribution in [1.29, 1.82) is 0 Å². The van der Waals surface area contributed by atoms with Crippen molar-refractivity contribution < 1.29 is 19.1 Å². The molecule has 0 bridgehead atoms. The Labute approximate surface area is 179 Å². The maximum atomic E-state index is 12.3. The average molecular weight is 437 g/mol. The molecule has 0 spiro atoms. The summed E-state index contributed by atoms with van der Waals surface area (Å²) in [6, 6.07) is 8.20. The predicted molar refractivity (Wildman–Crippen MR) is 117 cm³/mol. The Kier molecular flexibility index (Phi) is 7.93. The molecular formula is C21H22Cl2N2O4. The molecule has 2 rings (SSSR count). The number of ether oxygens (including phenoxy) is 2. The van der Waals surface area contributed by atoms with Gasteiger partial charge in [0.25, 0.3) is 0 Å². The van der Waals surface area contributed by atoms with E-state index in [9.17, 15) is 9.59 Å². The summed E-state index contributed by atoms with van der Waals surface area (Å²) in [6.45, 7) is 5.17. The first-order chi connectivity index (χ1) is 13.7. The second-order valence-electron chi connectivity index (χ2n) is 6.40. The van der Waals surface area contributed by atoms with Crippen LogP contribution in [-0.2, 0) is 9.59 Å². The van der Waals surface area contributed by atoms with Crippen LogP contribution in [0.3, 0.4) is 0 Å². The van der Waals surface area contributed by atoms with Crippen LogP contribution in [0.1, 0.15) is 26.3 Å². The van der Waals surface area contributed by atoms with Crippen LogP contribution in [-0.4, -0.2) is 25.0 Å². The molecule has 0 fully saturated rings. The van der Waals surface area contributed by atoms with Crippen LogP contribution in [0.4, 0.5) is 11.4 Å². The van der Waals surface area contributed by atoms with Gasteiger partial charge < -0.3 is 20.1 Å². The van der Waals surface area contributed by atoms with Crippen LogP contribution in [0.2, 0.25) is 10.0 Å². The normalized spacial score (nSPS) is 10.9. The van der Waals surface area contributed by atoms with E-state index >= 15 is 0 Å². The smallest absolute Gasteiger partial charge is 0.248 e. The van der Waals surface area contributed by atoms with Crippen LogP contribution in [0.15, 0.2) is 36.4 Å². The third-order valence-electron chi connectivity index (χ3n) is 3.58. The third kappa shape index (κ3) is 6.69. The fourth-order valence-corrected chi connectivity index (χ4v) is 2.86. The van der Waals surface area contributed by atoms with Crippen molar-refractivity contribution in [2.24, 2.45) is 0 Å². The maximum absolute atomic E-state index is 12.3. The number of methoxy groups -OCH3 is 1. The van der Waals surface area contributed by atoms with E-state index in [1.807, 2.05) is 13.8 Å². The third-order valence-corrected chi connectivity index (χ3v) is 4.19. The molecule has 2 aromatic carbocycles. The zero-order valence-corrected chi connectivity index (χ0v) is 18.0. The van der Waals surface area contributed by atoms with Crippen LogP contribution < -0.4 is 20.1 Å². The molecule has 154 valence electrons. The molecule has 0 aliphatic heterocycles. The van der Waals surface area contributed by atoms with Gasteiger partial charge in [-0.1, -0.05) is 23.2 Å². The molecular weight excluding hydrogens is 415 g/mol. The number of hydrogen-bond donors (Lipinski definition) is 2. The number of rotatable bonds is 7. The van der Waals surface area contributed by atoms with Crippen LogP contribution >= 0.6 is 23.2 Å². The highest BCUT2D eigenvalue weighted by Gasteiger charge is 2.13. The van der Waals surface area contributed by atoms with E-state index in [4.69, 9.17) is 32.7 Å². The summed E-state index contributed by atoms with van der Waals surface area (Å²) in [4.78, 5) is 23.5. The van der Waals surface area contributed by atoms with Crippen molar-refractivity contribution in [3.05, 3.63) is 52.0 Å². The van der Waals surface area contributed by atoms with Crippen LogP contribution in [0, 0.1) is 0 Å². The molecule has 0 aliphatic carbocycles. The number of amides is 2. The Morgan fingerprint density at radius 3 is 2.41 bits per heavy atom. The molecule has 29 heavy (non-hydrogen) atoms. The largest absolute Gasteiger partial charge is 0.493 e. The first-order valence-electron chi connectivity index (χ1n) is 8.80. The van der Waals surface area contributed by atoms with Gasteiger partial charge in [0, 0.05) is 18.7 Å². The molecule has 0 radical (unpaired) electrons. The molecule has 2 amide bonds. The molecule has 0 unspecified atom stereocenters. The van der Waals surface area contributed by atoms with Gasteiger partial charge in [0.2, 0.25) is 11.8 Å². The maximum Gasteiger partial charge on any atom is 0.248 e. The minimum absolute atomic E-state index is 0.0634. The summed E-state index contributed by atoms with van der Waals surface area (Å²) in [7, 11) is 1.52. The molecule has 0 atom stereocenters. The SMILES string of the molecule is COc1cc(/C=C/C(=O)Nc2cc(NC(C)=O)ccc2Cl)cc(Cl)c1OC(C)C. The summed E-state index contributed by atoms with van der Waals surface area (Å²) in [5.41, 5.74) is 1.57. The van der Waals surface area contributed by atoms with Crippen molar-refractivity contribution in [1.82, 2.24) is 0 Å². The minimum atomic E-state index is -0.399. The van der Waals surface area contributed by atoms with Crippen LogP contribution in [0.5, 0.6) is 11.5 Å². The first kappa shape index (κ1) is 22.6. The number of anilines is 2. The monoisotopic (exact) mass is 436 g/mol. The number of hydrogen-bond acceptors (Lipinski definition) is 4. The Bertz CT molecular complexity index is 943. The summed E-state index contributed by atoms with van der Waals surface area (Å²) in [6.07, 6.45) is 2.87. The van der Waals surface area contributed by atoms with Crippen molar-refractivity contribution in [2.45, 2.75) is 26.9 Å². The van der Waals surface area contributed by atoms with Gasteiger partial charge in [-0.15, -0.1) is 0 Å². The van der Waals surface area contributed by atoms with Gasteiger partial charge in [0.05, 0.1) is 28.9 Å². The summed E-state index contributed by atoms with van der Waals surface area (Å²) in [5.74, 6) is 0.300. The number of carbonyl (C=O) groups is 2. The molecule has 0 aliphatic rings. The number of benzene rings is 2. The topological polar surface area (TPSA) is 76.7 Å². The quantitative estimate of drug-likeness (QED) is 0.569. The molecule has 0 saturated carbocycles. The molecule has 8 heteroatoms. The van der Waals surface area contributed by atoms with Crippen molar-refractivity contribution in [2.75, 3.05) is 17.7 Å². The Hall–Kier alpha value is -2.70. The highest BCUT2D eigenvalue weighted by atomic mass is 35.5.